The van der Waals surface area contributed by atoms with Gasteiger partial charge in [-0.3, -0.25) is 9.59 Å². The molecule has 4 heteroatoms. The van der Waals surface area contributed by atoms with Crippen LogP contribution in [0.5, 0.6) is 0 Å². The number of likely N-dealkylation sites (tertiary alicyclic amines) is 2. The van der Waals surface area contributed by atoms with Crippen molar-refractivity contribution in [1.82, 2.24) is 9.80 Å². The minimum absolute atomic E-state index is 0.00250. The maximum Gasteiger partial charge on any atom is 0.232 e. The number of amides is 2. The maximum absolute atomic E-state index is 11.7. The summed E-state index contributed by atoms with van der Waals surface area (Å²) >= 11 is 0. The van der Waals surface area contributed by atoms with Crippen molar-refractivity contribution in [2.24, 2.45) is 5.92 Å². The van der Waals surface area contributed by atoms with Crippen LogP contribution in [0.15, 0.2) is 25.6 Å². The molecule has 2 saturated heterocycles. The summed E-state index contributed by atoms with van der Waals surface area (Å²) in [7, 11) is 0. The van der Waals surface area contributed by atoms with E-state index in [0.29, 0.717) is 13.0 Å². The van der Waals surface area contributed by atoms with Gasteiger partial charge in [0, 0.05) is 13.0 Å². The van der Waals surface area contributed by atoms with Gasteiger partial charge in [0.15, 0.2) is 0 Å². The van der Waals surface area contributed by atoms with Crippen LogP contribution in [0.1, 0.15) is 6.42 Å². The van der Waals surface area contributed by atoms with Crippen LogP contribution in [0, 0.1) is 5.92 Å². The molecule has 0 N–H and O–H groups in total. The lowest BCUT2D eigenvalue weighted by Crippen LogP contribution is -2.32. The molecule has 4 nitrogen and oxygen atoms in total. The Morgan fingerprint density at radius 2 is 2.00 bits per heavy atom. The van der Waals surface area contributed by atoms with Crippen LogP contribution >= 0.6 is 0 Å². The zero-order valence-electron chi connectivity index (χ0n) is 7.85. The van der Waals surface area contributed by atoms with E-state index >= 15 is 0 Å². The monoisotopic (exact) mass is 192 g/mol. The molecule has 74 valence electrons. The van der Waals surface area contributed by atoms with Crippen LogP contribution in [-0.4, -0.2) is 34.2 Å². The SMILES string of the molecule is C=CN1CC2C(CC(=O)N2C=C)C1=O. The Balaban J connectivity index is 2.26. The van der Waals surface area contributed by atoms with E-state index in [9.17, 15) is 9.59 Å². The van der Waals surface area contributed by atoms with Crippen LogP contribution in [0.4, 0.5) is 0 Å². The van der Waals surface area contributed by atoms with Crippen molar-refractivity contribution in [3.05, 3.63) is 25.6 Å². The molecule has 2 fully saturated rings. The minimum Gasteiger partial charge on any atom is -0.317 e. The Morgan fingerprint density at radius 1 is 1.29 bits per heavy atom. The third-order valence-electron chi connectivity index (χ3n) is 2.91. The van der Waals surface area contributed by atoms with Crippen molar-refractivity contribution in [1.29, 1.82) is 0 Å². The highest BCUT2D eigenvalue weighted by molar-refractivity contribution is 5.93. The molecular formula is C10H12N2O2. The molecule has 0 bridgehead atoms. The number of fused-ring (bicyclic) bond motifs is 1. The molecule has 2 atom stereocenters. The second-order valence-electron chi connectivity index (χ2n) is 3.53. The first-order chi connectivity index (χ1) is 6.69. The van der Waals surface area contributed by atoms with Gasteiger partial charge in [0.2, 0.25) is 11.8 Å². The molecule has 0 spiro atoms. The topological polar surface area (TPSA) is 40.6 Å². The second-order valence-corrected chi connectivity index (χ2v) is 3.53. The summed E-state index contributed by atoms with van der Waals surface area (Å²) in [6, 6.07) is -0.0366. The predicted octanol–water partition coefficient (Wildman–Crippen LogP) is 0.333. The van der Waals surface area contributed by atoms with E-state index < -0.39 is 0 Å². The minimum atomic E-state index is -0.196. The summed E-state index contributed by atoms with van der Waals surface area (Å²) in [6.45, 7) is 7.69. The van der Waals surface area contributed by atoms with Crippen molar-refractivity contribution in [3.63, 3.8) is 0 Å². The highest BCUT2D eigenvalue weighted by Gasteiger charge is 2.49. The number of carbonyl (C=O) groups is 2. The zero-order valence-corrected chi connectivity index (χ0v) is 7.85. The average molecular weight is 192 g/mol. The van der Waals surface area contributed by atoms with E-state index in [4.69, 9.17) is 0 Å². The summed E-state index contributed by atoms with van der Waals surface area (Å²) in [5, 5.41) is 0. The molecule has 0 aliphatic carbocycles. The summed E-state index contributed by atoms with van der Waals surface area (Å²) < 4.78 is 0. The first-order valence-corrected chi connectivity index (χ1v) is 4.55. The number of nitrogens with zero attached hydrogens (tertiary/aromatic N) is 2. The van der Waals surface area contributed by atoms with Crippen LogP contribution < -0.4 is 0 Å². The molecule has 2 unspecified atom stereocenters. The average Bonchev–Trinajstić information content (AvgIpc) is 2.63. The highest BCUT2D eigenvalue weighted by Crippen LogP contribution is 2.33. The Kier molecular flexibility index (Phi) is 1.91. The fourth-order valence-electron chi connectivity index (χ4n) is 2.18. The predicted molar refractivity (Wildman–Crippen MR) is 50.8 cm³/mol. The fourth-order valence-corrected chi connectivity index (χ4v) is 2.18. The van der Waals surface area contributed by atoms with Crippen LogP contribution in [0.2, 0.25) is 0 Å². The lowest BCUT2D eigenvalue weighted by atomic mass is 10.0. The quantitative estimate of drug-likeness (QED) is 0.632. The second kappa shape index (κ2) is 2.97. The standard InChI is InChI=1S/C10H12N2O2/c1-3-11-6-8-7(10(11)14)5-9(13)12(8)4-2/h3-4,7-8H,1-2,5-6H2. The summed E-state index contributed by atoms with van der Waals surface area (Å²) in [6.07, 6.45) is 3.33. The number of hydrogen-bond donors (Lipinski definition) is 0. The number of carbonyl (C=O) groups excluding carboxylic acids is 2. The molecule has 2 amide bonds. The van der Waals surface area contributed by atoms with Gasteiger partial charge in [-0.05, 0) is 12.4 Å². The van der Waals surface area contributed by atoms with E-state index in [1.165, 1.54) is 12.4 Å². The Hall–Kier alpha value is -1.58. The van der Waals surface area contributed by atoms with Crippen molar-refractivity contribution >= 4 is 11.8 Å². The van der Waals surface area contributed by atoms with Gasteiger partial charge in [0.25, 0.3) is 0 Å². The number of rotatable bonds is 2. The van der Waals surface area contributed by atoms with Crippen molar-refractivity contribution in [2.45, 2.75) is 12.5 Å². The van der Waals surface area contributed by atoms with Gasteiger partial charge in [0.05, 0.1) is 12.0 Å². The van der Waals surface area contributed by atoms with Crippen LogP contribution in [-0.2, 0) is 9.59 Å². The van der Waals surface area contributed by atoms with E-state index in [0.717, 1.165) is 0 Å². The molecule has 0 aromatic rings. The van der Waals surface area contributed by atoms with Crippen molar-refractivity contribution in [3.8, 4) is 0 Å². The van der Waals surface area contributed by atoms with Gasteiger partial charge < -0.3 is 9.80 Å². The molecule has 2 rings (SSSR count). The normalized spacial score (nSPS) is 30.9. The first kappa shape index (κ1) is 8.99. The molecule has 2 heterocycles. The zero-order chi connectivity index (χ0) is 10.3. The molecule has 2 aliphatic heterocycles. The summed E-state index contributed by atoms with van der Waals surface area (Å²) in [4.78, 5) is 26.2. The molecule has 0 radical (unpaired) electrons. The van der Waals surface area contributed by atoms with Gasteiger partial charge >= 0.3 is 0 Å². The van der Waals surface area contributed by atoms with E-state index in [1.807, 2.05) is 0 Å². The first-order valence-electron chi connectivity index (χ1n) is 4.55. The number of hydrogen-bond acceptors (Lipinski definition) is 2. The molecule has 0 saturated carbocycles. The van der Waals surface area contributed by atoms with Gasteiger partial charge in [0.1, 0.15) is 0 Å². The molecular weight excluding hydrogens is 180 g/mol. The Morgan fingerprint density at radius 3 is 2.57 bits per heavy atom. The largest absolute Gasteiger partial charge is 0.317 e. The summed E-state index contributed by atoms with van der Waals surface area (Å²) in [5.74, 6) is -0.201. The van der Waals surface area contributed by atoms with Crippen molar-refractivity contribution in [2.75, 3.05) is 6.54 Å². The highest BCUT2D eigenvalue weighted by atomic mass is 16.2. The third-order valence-corrected chi connectivity index (χ3v) is 2.91. The van der Waals surface area contributed by atoms with Crippen molar-refractivity contribution < 1.29 is 9.59 Å². The molecule has 2 aliphatic rings. The van der Waals surface area contributed by atoms with Gasteiger partial charge in [-0.15, -0.1) is 0 Å². The van der Waals surface area contributed by atoms with Crippen LogP contribution in [0.25, 0.3) is 0 Å². The summed E-state index contributed by atoms with van der Waals surface area (Å²) in [5.41, 5.74) is 0. The molecule has 0 aromatic carbocycles. The maximum atomic E-state index is 11.7. The lowest BCUT2D eigenvalue weighted by molar-refractivity contribution is -0.131. The Labute approximate surface area is 82.5 Å². The fraction of sp³-hybridized carbons (Fsp3) is 0.400. The van der Waals surface area contributed by atoms with E-state index in [1.54, 1.807) is 9.80 Å². The molecule has 0 aromatic heterocycles. The third kappa shape index (κ3) is 0.999. The van der Waals surface area contributed by atoms with E-state index in [2.05, 4.69) is 13.2 Å². The van der Waals surface area contributed by atoms with Gasteiger partial charge in [-0.1, -0.05) is 13.2 Å². The van der Waals surface area contributed by atoms with Gasteiger partial charge in [-0.2, -0.15) is 0 Å². The van der Waals surface area contributed by atoms with Gasteiger partial charge in [-0.25, -0.2) is 0 Å². The van der Waals surface area contributed by atoms with Crippen LogP contribution in [0.3, 0.4) is 0 Å². The lowest BCUT2D eigenvalue weighted by Gasteiger charge is -2.18. The molecule has 14 heavy (non-hydrogen) atoms. The smallest absolute Gasteiger partial charge is 0.232 e. The van der Waals surface area contributed by atoms with E-state index in [-0.39, 0.29) is 23.8 Å². The Bertz CT molecular complexity index is 324.